The zero-order valence-electron chi connectivity index (χ0n) is 8.20. The summed E-state index contributed by atoms with van der Waals surface area (Å²) in [5.74, 6) is -1.82. The van der Waals surface area contributed by atoms with Gasteiger partial charge in [0.15, 0.2) is 11.6 Å². The molecule has 3 nitrogen and oxygen atoms in total. The Morgan fingerprint density at radius 1 is 1.38 bits per heavy atom. The summed E-state index contributed by atoms with van der Waals surface area (Å²) in [6.45, 7) is 0.215. The molecule has 2 rings (SSSR count). The molecule has 0 unspecified atom stereocenters. The lowest BCUT2D eigenvalue weighted by Gasteiger charge is -2.23. The minimum absolute atomic E-state index is 0. The first kappa shape index (κ1) is 12.7. The van der Waals surface area contributed by atoms with E-state index in [0.29, 0.717) is 6.42 Å². The smallest absolute Gasteiger partial charge is 0.407 e. The highest BCUT2D eigenvalue weighted by Crippen LogP contribution is 2.24. The first-order valence-electron chi connectivity index (χ1n) is 4.55. The Morgan fingerprint density at radius 3 is 2.81 bits per heavy atom. The minimum Gasteiger partial charge on any atom is -0.449 e. The maximum Gasteiger partial charge on any atom is 0.407 e. The molecular formula is C10H10ClF2NO2. The molecular weight excluding hydrogens is 240 g/mol. The van der Waals surface area contributed by atoms with Crippen LogP contribution in [0, 0.1) is 11.6 Å². The van der Waals surface area contributed by atoms with Crippen LogP contribution >= 0.6 is 12.4 Å². The van der Waals surface area contributed by atoms with Gasteiger partial charge in [-0.1, -0.05) is 12.1 Å². The summed E-state index contributed by atoms with van der Waals surface area (Å²) in [5, 5.41) is 2.43. The molecule has 0 radical (unpaired) electrons. The van der Waals surface area contributed by atoms with Crippen molar-refractivity contribution in [2.45, 2.75) is 12.5 Å². The summed E-state index contributed by atoms with van der Waals surface area (Å²) in [5.41, 5.74) is 0.159. The Kier molecular flexibility index (Phi) is 4.06. The van der Waals surface area contributed by atoms with Crippen molar-refractivity contribution in [3.05, 3.63) is 35.4 Å². The van der Waals surface area contributed by atoms with Crippen LogP contribution in [0.15, 0.2) is 18.2 Å². The van der Waals surface area contributed by atoms with Crippen LogP contribution < -0.4 is 5.32 Å². The number of alkyl carbamates (subject to hydrolysis) is 1. The number of rotatable bonds is 1. The molecule has 1 aliphatic heterocycles. The highest BCUT2D eigenvalue weighted by molar-refractivity contribution is 5.85. The number of ether oxygens (including phenoxy) is 1. The van der Waals surface area contributed by atoms with Crippen LogP contribution in [0.4, 0.5) is 13.6 Å². The molecule has 1 heterocycles. The number of amides is 1. The first-order chi connectivity index (χ1) is 7.18. The molecule has 1 aromatic carbocycles. The largest absolute Gasteiger partial charge is 0.449 e. The molecule has 0 saturated carbocycles. The third-order valence-electron chi connectivity index (χ3n) is 2.29. The number of carbonyl (C=O) groups is 1. The van der Waals surface area contributed by atoms with E-state index in [1.165, 1.54) is 12.1 Å². The average Bonchev–Trinajstić information content (AvgIpc) is 2.22. The van der Waals surface area contributed by atoms with Crippen LogP contribution in [0.5, 0.6) is 0 Å². The average molecular weight is 250 g/mol. The van der Waals surface area contributed by atoms with E-state index in [1.54, 1.807) is 0 Å². The first-order valence-corrected chi connectivity index (χ1v) is 4.55. The van der Waals surface area contributed by atoms with E-state index in [0.717, 1.165) is 6.07 Å². The number of hydrogen-bond acceptors (Lipinski definition) is 2. The summed E-state index contributed by atoms with van der Waals surface area (Å²) in [6, 6.07) is 3.39. The Hall–Kier alpha value is -1.36. The Morgan fingerprint density at radius 2 is 2.12 bits per heavy atom. The summed E-state index contributed by atoms with van der Waals surface area (Å²) < 4.78 is 30.9. The van der Waals surface area contributed by atoms with Crippen molar-refractivity contribution in [2.75, 3.05) is 6.61 Å². The third-order valence-corrected chi connectivity index (χ3v) is 2.29. The Labute approximate surface area is 97.2 Å². The van der Waals surface area contributed by atoms with E-state index in [1.807, 2.05) is 0 Å². The van der Waals surface area contributed by atoms with Crippen molar-refractivity contribution >= 4 is 18.5 Å². The van der Waals surface area contributed by atoms with Crippen LogP contribution in [0.25, 0.3) is 0 Å². The van der Waals surface area contributed by atoms with Gasteiger partial charge in [-0.3, -0.25) is 0 Å². The van der Waals surface area contributed by atoms with Gasteiger partial charge in [-0.25, -0.2) is 13.6 Å². The quantitative estimate of drug-likeness (QED) is 0.831. The van der Waals surface area contributed by atoms with Gasteiger partial charge in [0.05, 0.1) is 12.6 Å². The van der Waals surface area contributed by atoms with Crippen LogP contribution in [-0.4, -0.2) is 12.7 Å². The van der Waals surface area contributed by atoms with E-state index >= 15 is 0 Å². The number of nitrogens with one attached hydrogen (secondary N) is 1. The van der Waals surface area contributed by atoms with Crippen LogP contribution in [0.1, 0.15) is 18.0 Å². The van der Waals surface area contributed by atoms with Crippen LogP contribution in [0.2, 0.25) is 0 Å². The van der Waals surface area contributed by atoms with Crippen LogP contribution in [-0.2, 0) is 4.74 Å². The number of cyclic esters (lactones) is 1. The topological polar surface area (TPSA) is 38.3 Å². The van der Waals surface area contributed by atoms with Gasteiger partial charge in [0.2, 0.25) is 0 Å². The molecule has 1 fully saturated rings. The highest BCUT2D eigenvalue weighted by atomic mass is 35.5. The van der Waals surface area contributed by atoms with Crippen molar-refractivity contribution in [1.82, 2.24) is 5.32 Å². The Balaban J connectivity index is 0.00000128. The fraction of sp³-hybridized carbons (Fsp3) is 0.300. The van der Waals surface area contributed by atoms with E-state index in [9.17, 15) is 13.6 Å². The molecule has 1 aliphatic rings. The summed E-state index contributed by atoms with van der Waals surface area (Å²) >= 11 is 0. The SMILES string of the molecule is Cl.O=C1N[C@@H](c2cccc(F)c2F)CCO1. The van der Waals surface area contributed by atoms with Gasteiger partial charge in [-0.2, -0.15) is 0 Å². The second kappa shape index (κ2) is 5.12. The monoisotopic (exact) mass is 249 g/mol. The molecule has 0 bridgehead atoms. The summed E-state index contributed by atoms with van der Waals surface area (Å²) in [7, 11) is 0. The molecule has 1 saturated heterocycles. The molecule has 1 aromatic rings. The molecule has 6 heteroatoms. The van der Waals surface area contributed by atoms with Crippen LogP contribution in [0.3, 0.4) is 0 Å². The van der Waals surface area contributed by atoms with E-state index in [-0.39, 0.29) is 24.6 Å². The number of benzene rings is 1. The molecule has 16 heavy (non-hydrogen) atoms. The van der Waals surface area contributed by atoms with Gasteiger partial charge < -0.3 is 10.1 Å². The normalized spacial score (nSPS) is 19.4. The van der Waals surface area contributed by atoms with Crippen molar-refractivity contribution in [1.29, 1.82) is 0 Å². The van der Waals surface area contributed by atoms with E-state index < -0.39 is 23.8 Å². The van der Waals surface area contributed by atoms with Crippen molar-refractivity contribution in [3.63, 3.8) is 0 Å². The lowest BCUT2D eigenvalue weighted by molar-refractivity contribution is 0.115. The Bertz CT molecular complexity index is 400. The van der Waals surface area contributed by atoms with Gasteiger partial charge in [-0.05, 0) is 6.07 Å². The lowest BCUT2D eigenvalue weighted by Crippen LogP contribution is -2.35. The minimum atomic E-state index is -0.912. The molecule has 1 amide bonds. The fourth-order valence-corrected chi connectivity index (χ4v) is 1.55. The van der Waals surface area contributed by atoms with Gasteiger partial charge in [-0.15, -0.1) is 12.4 Å². The number of halogens is 3. The molecule has 1 N–H and O–H groups in total. The molecule has 1 atom stereocenters. The standard InChI is InChI=1S/C10H9F2NO2.ClH/c11-7-3-1-2-6(9(7)12)8-4-5-15-10(14)13-8;/h1-3,8H,4-5H2,(H,13,14);1H/t8-;/m1./s1. The predicted octanol–water partition coefficient (Wildman–Crippen LogP) is 2.56. The van der Waals surface area contributed by atoms with Gasteiger partial charge in [0, 0.05) is 12.0 Å². The fourth-order valence-electron chi connectivity index (χ4n) is 1.55. The second-order valence-corrected chi connectivity index (χ2v) is 3.26. The maximum absolute atomic E-state index is 13.3. The molecule has 88 valence electrons. The van der Waals surface area contributed by atoms with E-state index in [4.69, 9.17) is 0 Å². The highest BCUT2D eigenvalue weighted by Gasteiger charge is 2.24. The molecule has 0 spiro atoms. The number of carbonyl (C=O) groups excluding carboxylic acids is 1. The van der Waals surface area contributed by atoms with Gasteiger partial charge in [0.25, 0.3) is 0 Å². The van der Waals surface area contributed by atoms with Gasteiger partial charge in [0.1, 0.15) is 0 Å². The van der Waals surface area contributed by atoms with Crippen molar-refractivity contribution in [2.24, 2.45) is 0 Å². The lowest BCUT2D eigenvalue weighted by atomic mass is 10.0. The van der Waals surface area contributed by atoms with E-state index in [2.05, 4.69) is 10.1 Å². The second-order valence-electron chi connectivity index (χ2n) is 3.26. The number of hydrogen-bond donors (Lipinski definition) is 1. The predicted molar refractivity (Wildman–Crippen MR) is 55.4 cm³/mol. The maximum atomic E-state index is 13.3. The van der Waals surface area contributed by atoms with Crippen molar-refractivity contribution in [3.8, 4) is 0 Å². The molecule has 0 aliphatic carbocycles. The zero-order valence-corrected chi connectivity index (χ0v) is 9.02. The molecule has 0 aromatic heterocycles. The third kappa shape index (κ3) is 2.41. The summed E-state index contributed by atoms with van der Waals surface area (Å²) in [6.07, 6.45) is -0.165. The van der Waals surface area contributed by atoms with Gasteiger partial charge >= 0.3 is 6.09 Å². The van der Waals surface area contributed by atoms with Crippen molar-refractivity contribution < 1.29 is 18.3 Å². The summed E-state index contributed by atoms with van der Waals surface area (Å²) in [4.78, 5) is 10.9. The zero-order chi connectivity index (χ0) is 10.8.